The number of rotatable bonds is 7. The van der Waals surface area contributed by atoms with Crippen LogP contribution in [0.5, 0.6) is 0 Å². The van der Waals surface area contributed by atoms with Crippen LogP contribution < -0.4 is 5.32 Å². The zero-order valence-electron chi connectivity index (χ0n) is 11.5. The molecule has 2 atom stereocenters. The largest absolute Gasteiger partial charge is 0.314 e. The highest BCUT2D eigenvalue weighted by Gasteiger charge is 2.14. The summed E-state index contributed by atoms with van der Waals surface area (Å²) in [6, 6.07) is 4.44. The summed E-state index contributed by atoms with van der Waals surface area (Å²) < 4.78 is 27.0. The van der Waals surface area contributed by atoms with Crippen molar-refractivity contribution in [2.45, 2.75) is 46.1 Å². The van der Waals surface area contributed by atoms with Gasteiger partial charge in [-0.1, -0.05) is 19.9 Å². The molecule has 3 heteroatoms. The van der Waals surface area contributed by atoms with E-state index in [2.05, 4.69) is 19.2 Å². The summed E-state index contributed by atoms with van der Waals surface area (Å²) in [5, 5.41) is 3.39. The van der Waals surface area contributed by atoms with Crippen molar-refractivity contribution >= 4 is 0 Å². The van der Waals surface area contributed by atoms with E-state index in [4.69, 9.17) is 0 Å². The molecule has 1 aromatic carbocycles. The van der Waals surface area contributed by atoms with Gasteiger partial charge in [0.2, 0.25) is 0 Å². The lowest BCUT2D eigenvalue weighted by Crippen LogP contribution is -2.29. The molecule has 1 nitrogen and oxygen atoms in total. The van der Waals surface area contributed by atoms with Crippen molar-refractivity contribution in [2.24, 2.45) is 5.92 Å². The summed E-state index contributed by atoms with van der Waals surface area (Å²) in [6.45, 7) is 7.26. The van der Waals surface area contributed by atoms with Gasteiger partial charge >= 0.3 is 0 Å². The number of nitrogens with one attached hydrogen (secondary N) is 1. The van der Waals surface area contributed by atoms with E-state index in [-0.39, 0.29) is 11.5 Å². The molecule has 0 radical (unpaired) electrons. The van der Waals surface area contributed by atoms with Gasteiger partial charge in [-0.25, -0.2) is 8.78 Å². The van der Waals surface area contributed by atoms with Crippen LogP contribution >= 0.6 is 0 Å². The monoisotopic (exact) mass is 255 g/mol. The topological polar surface area (TPSA) is 12.0 Å². The Balaban J connectivity index is 2.51. The minimum Gasteiger partial charge on any atom is -0.314 e. The van der Waals surface area contributed by atoms with Crippen LogP contribution in [0.2, 0.25) is 0 Å². The third-order valence-electron chi connectivity index (χ3n) is 3.11. The molecule has 0 heterocycles. The van der Waals surface area contributed by atoms with E-state index in [0.717, 1.165) is 19.4 Å². The second-order valence-corrected chi connectivity index (χ2v) is 5.10. The summed E-state index contributed by atoms with van der Waals surface area (Å²) in [5.41, 5.74) is 0.215. The molecular formula is C15H23F2N. The van der Waals surface area contributed by atoms with Gasteiger partial charge in [0.05, 0.1) is 0 Å². The van der Waals surface area contributed by atoms with Crippen molar-refractivity contribution in [2.75, 3.05) is 6.54 Å². The van der Waals surface area contributed by atoms with E-state index in [1.54, 1.807) is 0 Å². The van der Waals surface area contributed by atoms with Crippen molar-refractivity contribution in [1.29, 1.82) is 0 Å². The molecule has 1 aromatic rings. The molecule has 0 saturated heterocycles. The Morgan fingerprint density at radius 3 is 2.33 bits per heavy atom. The minimum absolute atomic E-state index is 0.215. The number of benzene rings is 1. The average Bonchev–Trinajstić information content (AvgIpc) is 2.31. The van der Waals surface area contributed by atoms with Gasteiger partial charge in [-0.05, 0) is 50.8 Å². The van der Waals surface area contributed by atoms with Gasteiger partial charge in [0.15, 0.2) is 0 Å². The lowest BCUT2D eigenvalue weighted by molar-refractivity contribution is 0.409. The van der Waals surface area contributed by atoms with Crippen LogP contribution in [0.25, 0.3) is 0 Å². The van der Waals surface area contributed by atoms with Gasteiger partial charge in [-0.2, -0.15) is 0 Å². The molecule has 0 spiro atoms. The van der Waals surface area contributed by atoms with E-state index < -0.39 is 11.6 Å². The van der Waals surface area contributed by atoms with Crippen molar-refractivity contribution in [3.05, 3.63) is 35.4 Å². The van der Waals surface area contributed by atoms with Gasteiger partial charge in [0.25, 0.3) is 0 Å². The maximum Gasteiger partial charge on any atom is 0.129 e. The lowest BCUT2D eigenvalue weighted by Gasteiger charge is -2.19. The maximum atomic E-state index is 13.5. The molecule has 18 heavy (non-hydrogen) atoms. The van der Waals surface area contributed by atoms with Gasteiger partial charge < -0.3 is 5.32 Å². The summed E-state index contributed by atoms with van der Waals surface area (Å²) in [6.07, 6.45) is 2.48. The van der Waals surface area contributed by atoms with E-state index in [0.29, 0.717) is 12.5 Å². The van der Waals surface area contributed by atoms with Crippen molar-refractivity contribution in [3.63, 3.8) is 0 Å². The Bertz CT molecular complexity index is 345. The molecular weight excluding hydrogens is 232 g/mol. The van der Waals surface area contributed by atoms with Crippen molar-refractivity contribution in [3.8, 4) is 0 Å². The molecule has 0 aromatic heterocycles. The van der Waals surface area contributed by atoms with E-state index in [1.165, 1.54) is 18.2 Å². The fraction of sp³-hybridized carbons (Fsp3) is 0.600. The molecule has 1 rings (SSSR count). The molecule has 0 bridgehead atoms. The first-order valence-electron chi connectivity index (χ1n) is 6.70. The van der Waals surface area contributed by atoms with Crippen LogP contribution in [0.3, 0.4) is 0 Å². The van der Waals surface area contributed by atoms with Crippen LogP contribution in [0.1, 0.15) is 39.2 Å². The summed E-state index contributed by atoms with van der Waals surface area (Å²) in [5.74, 6) is -0.609. The molecule has 0 amide bonds. The van der Waals surface area contributed by atoms with Gasteiger partial charge in [0, 0.05) is 11.6 Å². The highest BCUT2D eigenvalue weighted by atomic mass is 19.1. The maximum absolute atomic E-state index is 13.5. The van der Waals surface area contributed by atoms with E-state index in [1.807, 2.05) is 6.92 Å². The molecule has 0 saturated carbocycles. The van der Waals surface area contributed by atoms with E-state index >= 15 is 0 Å². The zero-order valence-corrected chi connectivity index (χ0v) is 11.5. The highest BCUT2D eigenvalue weighted by Crippen LogP contribution is 2.19. The summed E-state index contributed by atoms with van der Waals surface area (Å²) in [4.78, 5) is 0. The third-order valence-corrected chi connectivity index (χ3v) is 3.11. The zero-order chi connectivity index (χ0) is 13.5. The number of hydrogen-bond donors (Lipinski definition) is 1. The summed E-state index contributed by atoms with van der Waals surface area (Å²) >= 11 is 0. The van der Waals surface area contributed by atoms with Crippen LogP contribution in [0.15, 0.2) is 18.2 Å². The van der Waals surface area contributed by atoms with Crippen LogP contribution in [0, 0.1) is 17.6 Å². The SMILES string of the molecule is CCCNC(C)CC(C)Cc1c(F)cccc1F. The molecule has 0 aliphatic carbocycles. The van der Waals surface area contributed by atoms with Crippen molar-refractivity contribution in [1.82, 2.24) is 5.32 Å². The standard InChI is InChI=1S/C15H23F2N/c1-4-8-18-12(3)9-11(2)10-13-14(16)6-5-7-15(13)17/h5-7,11-12,18H,4,8-10H2,1-3H3. The summed E-state index contributed by atoms with van der Waals surface area (Å²) in [7, 11) is 0. The first-order chi connectivity index (χ1) is 8.54. The lowest BCUT2D eigenvalue weighted by atomic mass is 9.94. The number of halogens is 2. The van der Waals surface area contributed by atoms with Crippen LogP contribution in [-0.2, 0) is 6.42 Å². The predicted molar refractivity (Wildman–Crippen MR) is 71.6 cm³/mol. The fourth-order valence-corrected chi connectivity index (χ4v) is 2.24. The Hall–Kier alpha value is -0.960. The molecule has 1 N–H and O–H groups in total. The third kappa shape index (κ3) is 4.73. The molecule has 0 aliphatic heterocycles. The first-order valence-corrected chi connectivity index (χ1v) is 6.70. The van der Waals surface area contributed by atoms with Gasteiger partial charge in [-0.15, -0.1) is 0 Å². The molecule has 0 fully saturated rings. The van der Waals surface area contributed by atoms with Crippen LogP contribution in [0.4, 0.5) is 8.78 Å². The molecule has 102 valence electrons. The Morgan fingerprint density at radius 1 is 1.17 bits per heavy atom. The highest BCUT2D eigenvalue weighted by molar-refractivity contribution is 5.20. The fourth-order valence-electron chi connectivity index (χ4n) is 2.24. The first kappa shape index (κ1) is 15.1. The van der Waals surface area contributed by atoms with Gasteiger partial charge in [0.1, 0.15) is 11.6 Å². The normalized spacial score (nSPS) is 14.5. The Labute approximate surface area is 109 Å². The predicted octanol–water partition coefficient (Wildman–Crippen LogP) is 3.92. The number of hydrogen-bond acceptors (Lipinski definition) is 1. The Kier molecular flexibility index (Phi) is 6.27. The van der Waals surface area contributed by atoms with E-state index in [9.17, 15) is 8.78 Å². The average molecular weight is 255 g/mol. The van der Waals surface area contributed by atoms with Crippen molar-refractivity contribution < 1.29 is 8.78 Å². The minimum atomic E-state index is -0.434. The van der Waals surface area contributed by atoms with Crippen LogP contribution in [-0.4, -0.2) is 12.6 Å². The van der Waals surface area contributed by atoms with Gasteiger partial charge in [-0.3, -0.25) is 0 Å². The molecule has 0 aliphatic rings. The second kappa shape index (κ2) is 7.47. The quantitative estimate of drug-likeness (QED) is 0.778. The molecule has 2 unspecified atom stereocenters. The smallest absolute Gasteiger partial charge is 0.129 e. The second-order valence-electron chi connectivity index (χ2n) is 5.10. The Morgan fingerprint density at radius 2 is 1.78 bits per heavy atom.